The monoisotopic (exact) mass is 346 g/mol. The lowest BCUT2D eigenvalue weighted by Crippen LogP contribution is -2.64. The molecule has 0 N–H and O–H groups in total. The van der Waals surface area contributed by atoms with Crippen molar-refractivity contribution in [3.05, 3.63) is 12.4 Å². The number of likely N-dealkylation sites (N-methyl/N-ethyl adjacent to an activating group) is 1. The molecule has 0 radical (unpaired) electrons. The van der Waals surface area contributed by atoms with E-state index < -0.39 is 0 Å². The molecule has 3 aliphatic rings. The summed E-state index contributed by atoms with van der Waals surface area (Å²) >= 11 is 0. The van der Waals surface area contributed by atoms with Crippen LogP contribution in [0.15, 0.2) is 12.4 Å². The quantitative estimate of drug-likeness (QED) is 0.736. The molecule has 136 valence electrons. The number of amides is 3. The van der Waals surface area contributed by atoms with Crippen LogP contribution in [0, 0.1) is 0 Å². The summed E-state index contributed by atoms with van der Waals surface area (Å²) in [4.78, 5) is 33.2. The predicted octanol–water partition coefficient (Wildman–Crippen LogP) is 0.359. The molecule has 4 rings (SSSR count). The molecule has 4 heterocycles. The first-order valence-electron chi connectivity index (χ1n) is 9.03. The van der Waals surface area contributed by atoms with E-state index in [9.17, 15) is 9.59 Å². The SMILES string of the molecule is CN1CC(=O)N(c2cnn(C)c2)C[C@@]12CCN(C(=O)N1CCCC1)C2. The number of rotatable bonds is 1. The van der Waals surface area contributed by atoms with Gasteiger partial charge in [0.05, 0.1) is 24.0 Å². The van der Waals surface area contributed by atoms with Crippen LogP contribution in [0.5, 0.6) is 0 Å². The summed E-state index contributed by atoms with van der Waals surface area (Å²) in [7, 11) is 3.86. The molecule has 3 fully saturated rings. The minimum absolute atomic E-state index is 0.0884. The number of nitrogens with zero attached hydrogens (tertiary/aromatic N) is 6. The third-order valence-electron chi connectivity index (χ3n) is 5.92. The van der Waals surface area contributed by atoms with E-state index in [0.717, 1.165) is 44.6 Å². The van der Waals surface area contributed by atoms with E-state index in [2.05, 4.69) is 10.00 Å². The molecule has 3 saturated heterocycles. The second-order valence-electron chi connectivity index (χ2n) is 7.58. The van der Waals surface area contributed by atoms with Crippen LogP contribution < -0.4 is 4.90 Å². The van der Waals surface area contributed by atoms with E-state index in [1.807, 2.05) is 35.0 Å². The van der Waals surface area contributed by atoms with Crippen LogP contribution in [0.2, 0.25) is 0 Å². The Morgan fingerprint density at radius 2 is 1.88 bits per heavy atom. The number of urea groups is 1. The van der Waals surface area contributed by atoms with E-state index in [4.69, 9.17) is 0 Å². The molecule has 8 heteroatoms. The van der Waals surface area contributed by atoms with Crippen LogP contribution in [-0.4, -0.2) is 88.3 Å². The fourth-order valence-corrected chi connectivity index (χ4v) is 4.31. The van der Waals surface area contributed by atoms with Crippen LogP contribution in [0.3, 0.4) is 0 Å². The van der Waals surface area contributed by atoms with E-state index >= 15 is 0 Å². The van der Waals surface area contributed by atoms with Gasteiger partial charge < -0.3 is 14.7 Å². The zero-order valence-electron chi connectivity index (χ0n) is 15.0. The summed E-state index contributed by atoms with van der Waals surface area (Å²) in [5.74, 6) is 0.0884. The van der Waals surface area contributed by atoms with Crippen molar-refractivity contribution in [3.63, 3.8) is 0 Å². The maximum absolute atomic E-state index is 12.7. The molecule has 25 heavy (non-hydrogen) atoms. The van der Waals surface area contributed by atoms with Crippen LogP contribution in [0.25, 0.3) is 0 Å². The first-order valence-corrected chi connectivity index (χ1v) is 9.03. The number of aromatic nitrogens is 2. The molecule has 0 unspecified atom stereocenters. The van der Waals surface area contributed by atoms with Gasteiger partial charge in [-0.3, -0.25) is 14.4 Å². The maximum atomic E-state index is 12.7. The van der Waals surface area contributed by atoms with Gasteiger partial charge >= 0.3 is 6.03 Å². The summed E-state index contributed by atoms with van der Waals surface area (Å²) in [5, 5.41) is 4.19. The lowest BCUT2D eigenvalue weighted by molar-refractivity contribution is -0.123. The molecule has 1 aromatic rings. The molecule has 0 aliphatic carbocycles. The van der Waals surface area contributed by atoms with Crippen molar-refractivity contribution in [2.45, 2.75) is 24.8 Å². The van der Waals surface area contributed by atoms with Crippen LogP contribution in [-0.2, 0) is 11.8 Å². The highest BCUT2D eigenvalue weighted by Crippen LogP contribution is 2.34. The number of aryl methyl sites for hydroxylation is 1. The number of carbonyl (C=O) groups excluding carboxylic acids is 2. The van der Waals surface area contributed by atoms with Gasteiger partial charge in [0.25, 0.3) is 0 Å². The van der Waals surface area contributed by atoms with E-state index in [1.54, 1.807) is 10.9 Å². The first-order chi connectivity index (χ1) is 12.0. The van der Waals surface area contributed by atoms with Crippen molar-refractivity contribution >= 4 is 17.6 Å². The zero-order chi connectivity index (χ0) is 17.6. The zero-order valence-corrected chi connectivity index (χ0v) is 15.0. The summed E-state index contributed by atoms with van der Waals surface area (Å²) in [6.07, 6.45) is 6.72. The average Bonchev–Trinajstić information content (AvgIpc) is 3.32. The van der Waals surface area contributed by atoms with Gasteiger partial charge in [-0.15, -0.1) is 0 Å². The molecule has 1 aromatic heterocycles. The predicted molar refractivity (Wildman–Crippen MR) is 93.3 cm³/mol. The minimum Gasteiger partial charge on any atom is -0.325 e. The Hall–Kier alpha value is -2.09. The molecular weight excluding hydrogens is 320 g/mol. The third-order valence-corrected chi connectivity index (χ3v) is 5.92. The second kappa shape index (κ2) is 6.01. The van der Waals surface area contributed by atoms with Gasteiger partial charge in [0.1, 0.15) is 0 Å². The topological polar surface area (TPSA) is 64.9 Å². The number of carbonyl (C=O) groups is 2. The molecule has 3 amide bonds. The van der Waals surface area contributed by atoms with Gasteiger partial charge in [-0.2, -0.15) is 5.10 Å². The molecular formula is C17H26N6O2. The van der Waals surface area contributed by atoms with E-state index in [0.29, 0.717) is 19.6 Å². The Balaban J connectivity index is 1.52. The Kier molecular flexibility index (Phi) is 3.94. The Morgan fingerprint density at radius 3 is 2.56 bits per heavy atom. The number of hydrogen-bond donors (Lipinski definition) is 0. The van der Waals surface area contributed by atoms with Gasteiger partial charge in [0, 0.05) is 46.0 Å². The molecule has 3 aliphatic heterocycles. The standard InChI is InChI=1S/C17H26N6O2/c1-19-11-15(24)23(14-9-18-20(2)10-14)13-17(19)5-8-22(12-17)16(25)21-6-3-4-7-21/h9-10H,3-8,11-13H2,1-2H3/t17-/m0/s1. The highest BCUT2D eigenvalue weighted by Gasteiger charge is 2.49. The minimum atomic E-state index is -0.168. The van der Waals surface area contributed by atoms with Crippen molar-refractivity contribution in [2.75, 3.05) is 51.2 Å². The van der Waals surface area contributed by atoms with Crippen LogP contribution in [0.4, 0.5) is 10.5 Å². The van der Waals surface area contributed by atoms with Crippen molar-refractivity contribution < 1.29 is 9.59 Å². The normalized spacial score (nSPS) is 27.8. The lowest BCUT2D eigenvalue weighted by Gasteiger charge is -2.46. The number of likely N-dealkylation sites (tertiary alicyclic amines) is 2. The Morgan fingerprint density at radius 1 is 1.12 bits per heavy atom. The maximum Gasteiger partial charge on any atom is 0.320 e. The Labute approximate surface area is 147 Å². The van der Waals surface area contributed by atoms with Crippen molar-refractivity contribution in [2.24, 2.45) is 7.05 Å². The molecule has 8 nitrogen and oxygen atoms in total. The molecule has 0 saturated carbocycles. The number of piperazine rings is 1. The average molecular weight is 346 g/mol. The van der Waals surface area contributed by atoms with E-state index in [1.165, 1.54) is 0 Å². The second-order valence-corrected chi connectivity index (χ2v) is 7.58. The van der Waals surface area contributed by atoms with Crippen molar-refractivity contribution in [1.82, 2.24) is 24.5 Å². The fraction of sp³-hybridized carbons (Fsp3) is 0.706. The van der Waals surface area contributed by atoms with Crippen molar-refractivity contribution in [3.8, 4) is 0 Å². The summed E-state index contributed by atoms with van der Waals surface area (Å²) in [6.45, 7) is 4.17. The largest absolute Gasteiger partial charge is 0.325 e. The van der Waals surface area contributed by atoms with Gasteiger partial charge in [-0.25, -0.2) is 4.79 Å². The highest BCUT2D eigenvalue weighted by atomic mass is 16.2. The summed E-state index contributed by atoms with van der Waals surface area (Å²) in [5.41, 5.74) is 0.670. The number of hydrogen-bond acceptors (Lipinski definition) is 4. The summed E-state index contributed by atoms with van der Waals surface area (Å²) < 4.78 is 1.71. The van der Waals surface area contributed by atoms with E-state index in [-0.39, 0.29) is 17.5 Å². The van der Waals surface area contributed by atoms with Gasteiger partial charge in [0.2, 0.25) is 5.91 Å². The van der Waals surface area contributed by atoms with Gasteiger partial charge in [-0.1, -0.05) is 0 Å². The smallest absolute Gasteiger partial charge is 0.320 e. The lowest BCUT2D eigenvalue weighted by atomic mass is 9.93. The van der Waals surface area contributed by atoms with Gasteiger partial charge in [0.15, 0.2) is 0 Å². The Bertz CT molecular complexity index is 682. The van der Waals surface area contributed by atoms with Crippen molar-refractivity contribution in [1.29, 1.82) is 0 Å². The molecule has 0 bridgehead atoms. The molecule has 0 aromatic carbocycles. The molecule has 1 spiro atoms. The highest BCUT2D eigenvalue weighted by molar-refractivity contribution is 5.95. The van der Waals surface area contributed by atoms with Crippen LogP contribution in [0.1, 0.15) is 19.3 Å². The fourth-order valence-electron chi connectivity index (χ4n) is 4.31. The molecule has 1 atom stereocenters. The summed E-state index contributed by atoms with van der Waals surface area (Å²) in [6, 6.07) is 0.160. The van der Waals surface area contributed by atoms with Gasteiger partial charge in [-0.05, 0) is 26.3 Å². The third kappa shape index (κ3) is 2.78. The van der Waals surface area contributed by atoms with Crippen LogP contribution >= 0.6 is 0 Å². The number of anilines is 1. The first kappa shape index (κ1) is 16.4.